The molecule has 0 radical (unpaired) electrons. The predicted octanol–water partition coefficient (Wildman–Crippen LogP) is 3.93. The summed E-state index contributed by atoms with van der Waals surface area (Å²) >= 11 is 0. The number of nitrogen functional groups attached to an aromatic ring is 1. The number of nitrogens with one attached hydrogen (secondary N) is 1. The van der Waals surface area contributed by atoms with E-state index in [9.17, 15) is 4.79 Å². The van der Waals surface area contributed by atoms with Gasteiger partial charge in [-0.2, -0.15) is 0 Å². The van der Waals surface area contributed by atoms with Gasteiger partial charge >= 0.3 is 0 Å². The van der Waals surface area contributed by atoms with Crippen LogP contribution in [-0.4, -0.2) is 11.5 Å². The molecule has 1 aliphatic heterocycles. The van der Waals surface area contributed by atoms with Gasteiger partial charge in [0.25, 0.3) is 0 Å². The quantitative estimate of drug-likeness (QED) is 0.830. The Kier molecular flexibility index (Phi) is 4.71. The van der Waals surface area contributed by atoms with Gasteiger partial charge in [0.2, 0.25) is 5.91 Å². The van der Waals surface area contributed by atoms with E-state index in [2.05, 4.69) is 36.5 Å². The van der Waals surface area contributed by atoms with E-state index in [-0.39, 0.29) is 17.6 Å². The van der Waals surface area contributed by atoms with Gasteiger partial charge in [-0.05, 0) is 51.0 Å². The van der Waals surface area contributed by atoms with Gasteiger partial charge in [-0.25, -0.2) is 0 Å². The number of ether oxygens (including phenoxy) is 1. The zero-order valence-electron chi connectivity index (χ0n) is 15.1. The number of carbonyl (C=O) groups excluding carboxylic acids is 1. The Labute approximate surface area is 149 Å². The Morgan fingerprint density at radius 3 is 2.68 bits per heavy atom. The molecule has 0 aliphatic carbocycles. The molecule has 4 heteroatoms. The number of aryl methyl sites for hydroxylation is 2. The normalized spacial score (nSPS) is 18.1. The highest BCUT2D eigenvalue weighted by atomic mass is 16.5. The number of rotatable bonds is 4. The molecule has 132 valence electrons. The van der Waals surface area contributed by atoms with E-state index in [1.807, 2.05) is 32.0 Å². The van der Waals surface area contributed by atoms with Gasteiger partial charge in [0.1, 0.15) is 11.4 Å². The number of hydrogen-bond donors (Lipinski definition) is 2. The zero-order chi connectivity index (χ0) is 18.0. The molecular formula is C21H26N2O2. The Hall–Kier alpha value is -2.49. The number of fused-ring (bicyclic) bond motifs is 1. The third kappa shape index (κ3) is 4.32. The second-order valence-electron chi connectivity index (χ2n) is 7.47. The van der Waals surface area contributed by atoms with E-state index in [0.29, 0.717) is 12.1 Å². The summed E-state index contributed by atoms with van der Waals surface area (Å²) in [7, 11) is 0. The third-order valence-electron chi connectivity index (χ3n) is 4.59. The highest BCUT2D eigenvalue weighted by molar-refractivity contribution is 5.77. The zero-order valence-corrected chi connectivity index (χ0v) is 15.1. The van der Waals surface area contributed by atoms with Gasteiger partial charge in [-0.3, -0.25) is 4.79 Å². The lowest BCUT2D eigenvalue weighted by Crippen LogP contribution is -2.41. The SMILES string of the molecule is Cc1ccc(CCC(=O)NC2CC(C)(C)Oc3ccc(N)cc32)cc1. The van der Waals surface area contributed by atoms with Crippen LogP contribution in [0.4, 0.5) is 5.69 Å². The monoisotopic (exact) mass is 338 g/mol. The van der Waals surface area contributed by atoms with Gasteiger partial charge in [0.05, 0.1) is 6.04 Å². The van der Waals surface area contributed by atoms with Crippen molar-refractivity contribution in [3.8, 4) is 5.75 Å². The minimum absolute atomic E-state index is 0.0525. The molecule has 1 atom stereocenters. The van der Waals surface area contributed by atoms with Crippen molar-refractivity contribution in [2.24, 2.45) is 0 Å². The first-order valence-corrected chi connectivity index (χ1v) is 8.76. The average molecular weight is 338 g/mol. The van der Waals surface area contributed by atoms with Crippen molar-refractivity contribution in [3.63, 3.8) is 0 Å². The highest BCUT2D eigenvalue weighted by Crippen LogP contribution is 2.40. The average Bonchev–Trinajstić information content (AvgIpc) is 2.54. The van der Waals surface area contributed by atoms with Crippen LogP contribution in [0.5, 0.6) is 5.75 Å². The molecular weight excluding hydrogens is 312 g/mol. The Bertz CT molecular complexity index is 766. The van der Waals surface area contributed by atoms with Crippen molar-refractivity contribution in [3.05, 3.63) is 59.2 Å². The third-order valence-corrected chi connectivity index (χ3v) is 4.59. The van der Waals surface area contributed by atoms with E-state index in [4.69, 9.17) is 10.5 Å². The summed E-state index contributed by atoms with van der Waals surface area (Å²) in [6.45, 7) is 6.14. The van der Waals surface area contributed by atoms with Gasteiger partial charge in [-0.1, -0.05) is 29.8 Å². The molecule has 2 aromatic rings. The summed E-state index contributed by atoms with van der Waals surface area (Å²) in [5, 5.41) is 3.17. The van der Waals surface area contributed by atoms with Crippen molar-refractivity contribution < 1.29 is 9.53 Å². The maximum atomic E-state index is 12.5. The molecule has 1 heterocycles. The van der Waals surface area contributed by atoms with Crippen LogP contribution in [0.2, 0.25) is 0 Å². The minimum Gasteiger partial charge on any atom is -0.487 e. The lowest BCUT2D eigenvalue weighted by molar-refractivity contribution is -0.122. The number of nitrogens with two attached hydrogens (primary N) is 1. The summed E-state index contributed by atoms with van der Waals surface area (Å²) in [5.74, 6) is 0.853. The highest BCUT2D eigenvalue weighted by Gasteiger charge is 2.34. The number of anilines is 1. The fourth-order valence-electron chi connectivity index (χ4n) is 3.28. The van der Waals surface area contributed by atoms with Crippen molar-refractivity contribution in [2.75, 3.05) is 5.73 Å². The second-order valence-corrected chi connectivity index (χ2v) is 7.47. The Morgan fingerprint density at radius 1 is 1.24 bits per heavy atom. The van der Waals surface area contributed by atoms with Crippen LogP contribution in [0.15, 0.2) is 42.5 Å². The summed E-state index contributed by atoms with van der Waals surface area (Å²) in [6.07, 6.45) is 1.93. The maximum absolute atomic E-state index is 12.5. The molecule has 25 heavy (non-hydrogen) atoms. The van der Waals surface area contributed by atoms with Crippen molar-refractivity contribution >= 4 is 11.6 Å². The van der Waals surface area contributed by atoms with Crippen LogP contribution in [0.1, 0.15) is 49.4 Å². The Morgan fingerprint density at radius 2 is 1.96 bits per heavy atom. The van der Waals surface area contributed by atoms with Crippen LogP contribution in [0, 0.1) is 6.92 Å². The first-order valence-electron chi connectivity index (χ1n) is 8.76. The molecule has 3 N–H and O–H groups in total. The van der Waals surface area contributed by atoms with Crippen LogP contribution in [0.25, 0.3) is 0 Å². The standard InChI is InChI=1S/C21H26N2O2/c1-14-4-6-15(7-5-14)8-11-20(24)23-18-13-21(2,3)25-19-10-9-16(22)12-17(18)19/h4-7,9-10,12,18H,8,11,13,22H2,1-3H3,(H,23,24). The lowest BCUT2D eigenvalue weighted by Gasteiger charge is -2.38. The summed E-state index contributed by atoms with van der Waals surface area (Å²) in [6, 6.07) is 13.9. The maximum Gasteiger partial charge on any atom is 0.220 e. The van der Waals surface area contributed by atoms with Crippen LogP contribution < -0.4 is 15.8 Å². The van der Waals surface area contributed by atoms with Gasteiger partial charge < -0.3 is 15.8 Å². The lowest BCUT2D eigenvalue weighted by atomic mass is 9.89. The van der Waals surface area contributed by atoms with Crippen LogP contribution in [0.3, 0.4) is 0 Å². The molecule has 0 aromatic heterocycles. The minimum atomic E-state index is -0.321. The van der Waals surface area contributed by atoms with Gasteiger partial charge in [0.15, 0.2) is 0 Å². The largest absolute Gasteiger partial charge is 0.487 e. The fourth-order valence-corrected chi connectivity index (χ4v) is 3.28. The van der Waals surface area contributed by atoms with E-state index < -0.39 is 0 Å². The summed E-state index contributed by atoms with van der Waals surface area (Å²) < 4.78 is 6.02. The molecule has 0 fully saturated rings. The van der Waals surface area contributed by atoms with Crippen molar-refractivity contribution in [1.82, 2.24) is 5.32 Å². The van der Waals surface area contributed by atoms with E-state index in [0.717, 1.165) is 24.2 Å². The van der Waals surface area contributed by atoms with Gasteiger partial charge in [-0.15, -0.1) is 0 Å². The molecule has 1 amide bonds. The summed E-state index contributed by atoms with van der Waals surface area (Å²) in [4.78, 5) is 12.5. The van der Waals surface area contributed by atoms with E-state index in [1.54, 1.807) is 0 Å². The van der Waals surface area contributed by atoms with Gasteiger partial charge in [0, 0.05) is 24.1 Å². The molecule has 0 spiro atoms. The predicted molar refractivity (Wildman–Crippen MR) is 101 cm³/mol. The smallest absolute Gasteiger partial charge is 0.220 e. The number of amides is 1. The van der Waals surface area contributed by atoms with E-state index >= 15 is 0 Å². The second kappa shape index (κ2) is 6.79. The van der Waals surface area contributed by atoms with Crippen molar-refractivity contribution in [2.45, 2.75) is 51.7 Å². The molecule has 0 saturated heterocycles. The Balaban J connectivity index is 1.68. The molecule has 2 aromatic carbocycles. The summed E-state index contributed by atoms with van der Waals surface area (Å²) in [5.41, 5.74) is 9.65. The molecule has 0 saturated carbocycles. The molecule has 3 rings (SSSR count). The number of carbonyl (C=O) groups is 1. The van der Waals surface area contributed by atoms with Crippen LogP contribution >= 0.6 is 0 Å². The first-order chi connectivity index (χ1) is 11.8. The topological polar surface area (TPSA) is 64.3 Å². The number of hydrogen-bond acceptors (Lipinski definition) is 3. The number of benzene rings is 2. The molecule has 0 bridgehead atoms. The fraction of sp³-hybridized carbons (Fsp3) is 0.381. The molecule has 1 unspecified atom stereocenters. The molecule has 1 aliphatic rings. The first kappa shape index (κ1) is 17.3. The van der Waals surface area contributed by atoms with Crippen molar-refractivity contribution in [1.29, 1.82) is 0 Å². The molecule has 4 nitrogen and oxygen atoms in total. The van der Waals surface area contributed by atoms with Crippen LogP contribution in [-0.2, 0) is 11.2 Å². The van der Waals surface area contributed by atoms with E-state index in [1.165, 1.54) is 11.1 Å².